The minimum Gasteiger partial charge on any atom is -0.441 e. The first-order chi connectivity index (χ1) is 17.7. The number of aromatic nitrogens is 1. The summed E-state index contributed by atoms with van der Waals surface area (Å²) in [6.45, 7) is 2.04. The van der Waals surface area contributed by atoms with E-state index in [4.69, 9.17) is 9.40 Å². The Morgan fingerprint density at radius 3 is 1.64 bits per heavy atom. The van der Waals surface area contributed by atoms with Crippen LogP contribution in [0.1, 0.15) is 11.5 Å². The Hall–Kier alpha value is -4.00. The molecule has 0 radical (unpaired) electrons. The van der Waals surface area contributed by atoms with Gasteiger partial charge in [0.2, 0.25) is 5.89 Å². The fourth-order valence-electron chi connectivity index (χ4n) is 5.01. The van der Waals surface area contributed by atoms with Gasteiger partial charge in [0.1, 0.15) is 40.8 Å². The van der Waals surface area contributed by atoms with E-state index in [1.807, 2.05) is 6.92 Å². The molecule has 3 heteroatoms. The first-order valence-corrected chi connectivity index (χ1v) is 14.2. The summed E-state index contributed by atoms with van der Waals surface area (Å²) in [6, 6.07) is 47.6. The van der Waals surface area contributed by atoms with Crippen LogP contribution >= 0.6 is 7.26 Å². The van der Waals surface area contributed by atoms with Gasteiger partial charge in [0, 0.05) is 5.56 Å². The molecule has 2 nitrogen and oxygen atoms in total. The quantitative estimate of drug-likeness (QED) is 0.232. The fourth-order valence-corrected chi connectivity index (χ4v) is 9.24. The highest BCUT2D eigenvalue weighted by atomic mass is 31.2. The normalized spacial score (nSPS) is 11.6. The zero-order valence-corrected chi connectivity index (χ0v) is 21.1. The van der Waals surface area contributed by atoms with Crippen molar-refractivity contribution >= 4 is 33.9 Å². The number of aryl methyl sites for hydroxylation is 1. The number of fused-ring (bicyclic) bond motifs is 1. The van der Waals surface area contributed by atoms with E-state index >= 15 is 0 Å². The van der Waals surface area contributed by atoms with E-state index in [1.165, 1.54) is 26.7 Å². The predicted octanol–water partition coefficient (Wildman–Crippen LogP) is 7.30. The molecule has 174 valence electrons. The van der Waals surface area contributed by atoms with Crippen LogP contribution in [-0.2, 0) is 6.16 Å². The fraction of sp³-hybridized carbons (Fsp3) is 0.0606. The summed E-state index contributed by atoms with van der Waals surface area (Å²) >= 11 is 0. The molecule has 6 rings (SSSR count). The molecule has 5 aromatic carbocycles. The summed E-state index contributed by atoms with van der Waals surface area (Å²) < 4.78 is 6.31. The Morgan fingerprint density at radius 2 is 1.08 bits per heavy atom. The molecule has 0 fully saturated rings. The van der Waals surface area contributed by atoms with Crippen LogP contribution in [0.25, 0.3) is 22.2 Å². The van der Waals surface area contributed by atoms with Crippen LogP contribution in [0, 0.1) is 6.92 Å². The third-order valence-electron chi connectivity index (χ3n) is 6.87. The first-order valence-electron chi connectivity index (χ1n) is 12.2. The molecule has 0 unspecified atom stereocenters. The second-order valence-electron chi connectivity index (χ2n) is 9.06. The van der Waals surface area contributed by atoms with Crippen molar-refractivity contribution in [3.63, 3.8) is 0 Å². The summed E-state index contributed by atoms with van der Waals surface area (Å²) in [4.78, 5) is 5.11. The maximum Gasteiger partial charge on any atom is 0.226 e. The van der Waals surface area contributed by atoms with Crippen molar-refractivity contribution in [1.82, 2.24) is 4.98 Å². The van der Waals surface area contributed by atoms with E-state index < -0.39 is 7.26 Å². The van der Waals surface area contributed by atoms with Crippen LogP contribution in [0.4, 0.5) is 0 Å². The monoisotopic (exact) mass is 484 g/mol. The van der Waals surface area contributed by atoms with E-state index in [2.05, 4.69) is 133 Å². The van der Waals surface area contributed by atoms with Gasteiger partial charge in [0.15, 0.2) is 0 Å². The number of benzene rings is 5. The molecular formula is C33H27NOP+. The number of hydrogen-bond donors (Lipinski definition) is 0. The molecule has 0 aliphatic heterocycles. The van der Waals surface area contributed by atoms with Gasteiger partial charge in [0.25, 0.3) is 0 Å². The van der Waals surface area contributed by atoms with Crippen molar-refractivity contribution in [2.24, 2.45) is 0 Å². The average Bonchev–Trinajstić information content (AvgIpc) is 3.32. The highest BCUT2D eigenvalue weighted by Gasteiger charge is 2.46. The molecule has 1 aromatic heterocycles. The summed E-state index contributed by atoms with van der Waals surface area (Å²) in [6.07, 6.45) is 0.800. The number of rotatable bonds is 6. The lowest BCUT2D eigenvalue weighted by Gasteiger charge is -2.27. The first kappa shape index (κ1) is 22.5. The number of nitrogens with zero attached hydrogens (tertiary/aromatic N) is 1. The van der Waals surface area contributed by atoms with Gasteiger partial charge in [-0.15, -0.1) is 0 Å². The summed E-state index contributed by atoms with van der Waals surface area (Å²) in [5.74, 6) is 1.56. The van der Waals surface area contributed by atoms with E-state index in [9.17, 15) is 0 Å². The van der Waals surface area contributed by atoms with Gasteiger partial charge in [-0.2, -0.15) is 0 Å². The van der Waals surface area contributed by atoms with Crippen LogP contribution in [0.3, 0.4) is 0 Å². The SMILES string of the molecule is Cc1oc(-c2ccc3ccccc3c2)nc1C[P+](c1ccccc1)(c1ccccc1)c1ccccc1. The van der Waals surface area contributed by atoms with Crippen molar-refractivity contribution < 1.29 is 4.42 Å². The van der Waals surface area contributed by atoms with Gasteiger partial charge in [-0.25, -0.2) is 4.98 Å². The van der Waals surface area contributed by atoms with Crippen LogP contribution in [0.15, 0.2) is 138 Å². The van der Waals surface area contributed by atoms with Crippen molar-refractivity contribution in [2.45, 2.75) is 13.1 Å². The van der Waals surface area contributed by atoms with Gasteiger partial charge in [0.05, 0.1) is 0 Å². The molecule has 1 heterocycles. The third-order valence-corrected chi connectivity index (χ3v) is 11.2. The van der Waals surface area contributed by atoms with Crippen molar-refractivity contribution in [1.29, 1.82) is 0 Å². The van der Waals surface area contributed by atoms with Gasteiger partial charge in [-0.3, -0.25) is 0 Å². The van der Waals surface area contributed by atoms with E-state index in [0.717, 1.165) is 23.2 Å². The molecule has 0 saturated carbocycles. The molecule has 0 aliphatic carbocycles. The Bertz CT molecular complexity index is 1510. The Morgan fingerprint density at radius 1 is 0.583 bits per heavy atom. The standard InChI is InChI=1S/C33H27NOP/c1-25-32(34-33(35-25)28-22-21-26-13-11-12-14-27(26)23-28)24-36(29-15-5-2-6-16-29,30-17-7-3-8-18-30)31-19-9-4-10-20-31/h2-23H,24H2,1H3/q+1. The highest BCUT2D eigenvalue weighted by Crippen LogP contribution is 2.58. The predicted molar refractivity (Wildman–Crippen MR) is 153 cm³/mol. The summed E-state index contributed by atoms with van der Waals surface area (Å²) in [5.41, 5.74) is 2.02. The maximum absolute atomic E-state index is 6.31. The molecule has 0 aliphatic rings. The minimum atomic E-state index is -2.04. The molecule has 0 spiro atoms. The molecule has 0 amide bonds. The van der Waals surface area contributed by atoms with Crippen molar-refractivity contribution in [3.05, 3.63) is 145 Å². The van der Waals surface area contributed by atoms with Gasteiger partial charge >= 0.3 is 0 Å². The van der Waals surface area contributed by atoms with E-state index in [-0.39, 0.29) is 0 Å². The zero-order valence-electron chi connectivity index (χ0n) is 20.2. The lowest BCUT2D eigenvalue weighted by atomic mass is 10.1. The topological polar surface area (TPSA) is 26.0 Å². The zero-order chi connectivity index (χ0) is 24.4. The molecule has 0 bridgehead atoms. The van der Waals surface area contributed by atoms with Gasteiger partial charge in [-0.05, 0) is 66.2 Å². The molecule has 0 atom stereocenters. The highest BCUT2D eigenvalue weighted by molar-refractivity contribution is 7.95. The van der Waals surface area contributed by atoms with Crippen LogP contribution < -0.4 is 15.9 Å². The summed E-state index contributed by atoms with van der Waals surface area (Å²) in [7, 11) is -2.04. The van der Waals surface area contributed by atoms with Crippen LogP contribution in [0.2, 0.25) is 0 Å². The maximum atomic E-state index is 6.31. The Balaban J connectivity index is 1.52. The number of hydrogen-bond acceptors (Lipinski definition) is 2. The molecule has 6 aromatic rings. The van der Waals surface area contributed by atoms with E-state index in [0.29, 0.717) is 5.89 Å². The van der Waals surface area contributed by atoms with E-state index in [1.54, 1.807) is 0 Å². The lowest BCUT2D eigenvalue weighted by molar-refractivity contribution is 0.540. The molecular weight excluding hydrogens is 457 g/mol. The smallest absolute Gasteiger partial charge is 0.226 e. The molecule has 0 N–H and O–H groups in total. The number of oxazole rings is 1. The summed E-state index contributed by atoms with van der Waals surface area (Å²) in [5, 5.41) is 6.44. The molecule has 0 saturated heterocycles. The van der Waals surface area contributed by atoms with Crippen LogP contribution in [0.5, 0.6) is 0 Å². The Labute approximate surface area is 212 Å². The van der Waals surface area contributed by atoms with Crippen LogP contribution in [-0.4, -0.2) is 4.98 Å². The minimum absolute atomic E-state index is 0.681. The van der Waals surface area contributed by atoms with Gasteiger partial charge in [-0.1, -0.05) is 84.9 Å². The van der Waals surface area contributed by atoms with Gasteiger partial charge < -0.3 is 4.42 Å². The second kappa shape index (κ2) is 9.57. The third kappa shape index (κ3) is 4.04. The molecule has 36 heavy (non-hydrogen) atoms. The van der Waals surface area contributed by atoms with Crippen molar-refractivity contribution in [3.8, 4) is 11.5 Å². The largest absolute Gasteiger partial charge is 0.441 e. The second-order valence-corrected chi connectivity index (χ2v) is 12.5. The average molecular weight is 485 g/mol. The van der Waals surface area contributed by atoms with Crippen molar-refractivity contribution in [2.75, 3.05) is 0 Å². The Kier molecular flexibility index (Phi) is 5.97. The lowest BCUT2D eigenvalue weighted by Crippen LogP contribution is -2.32.